The van der Waals surface area contributed by atoms with Gasteiger partial charge in [0.25, 0.3) is 0 Å². The Morgan fingerprint density at radius 1 is 1.15 bits per heavy atom. The van der Waals surface area contributed by atoms with Crippen molar-refractivity contribution in [3.05, 3.63) is 35.9 Å². The second kappa shape index (κ2) is 3.95. The van der Waals surface area contributed by atoms with Gasteiger partial charge in [0, 0.05) is 0 Å². The Kier molecular flexibility index (Phi) is 2.68. The van der Waals surface area contributed by atoms with Crippen molar-refractivity contribution in [1.29, 1.82) is 0 Å². The molecule has 1 unspecified atom stereocenters. The highest BCUT2D eigenvalue weighted by Gasteiger charge is 2.20. The predicted molar refractivity (Wildman–Crippen MR) is 56.7 cm³/mol. The van der Waals surface area contributed by atoms with Crippen LogP contribution in [0.15, 0.2) is 30.3 Å². The van der Waals surface area contributed by atoms with Gasteiger partial charge in [-0.2, -0.15) is 0 Å². The first-order valence-corrected chi connectivity index (χ1v) is 5.38. The molecule has 0 spiro atoms. The van der Waals surface area contributed by atoms with E-state index in [1.807, 2.05) is 0 Å². The molecule has 0 N–H and O–H groups in total. The van der Waals surface area contributed by atoms with E-state index in [0.29, 0.717) is 0 Å². The van der Waals surface area contributed by atoms with Crippen LogP contribution in [0.2, 0.25) is 0 Å². The quantitative estimate of drug-likeness (QED) is 0.641. The van der Waals surface area contributed by atoms with E-state index < -0.39 is 0 Å². The fourth-order valence-electron chi connectivity index (χ4n) is 2.46. The topological polar surface area (TPSA) is 0 Å². The standard InChI is InChI=1S/C13H18/c1-11-7-8-13(9-11)10-12-5-3-2-4-6-12/h2-6,11,13H,7-10H2,1H3/t11-,13?/m0/s1. The Morgan fingerprint density at radius 2 is 1.92 bits per heavy atom. The summed E-state index contributed by atoms with van der Waals surface area (Å²) < 4.78 is 0. The molecule has 1 aromatic carbocycles. The lowest BCUT2D eigenvalue weighted by molar-refractivity contribution is 0.513. The van der Waals surface area contributed by atoms with Crippen molar-refractivity contribution >= 4 is 0 Å². The Morgan fingerprint density at radius 3 is 2.54 bits per heavy atom. The summed E-state index contributed by atoms with van der Waals surface area (Å²) in [4.78, 5) is 0. The molecule has 1 aliphatic rings. The summed E-state index contributed by atoms with van der Waals surface area (Å²) in [5.41, 5.74) is 1.52. The summed E-state index contributed by atoms with van der Waals surface area (Å²) in [5.74, 6) is 1.92. The molecule has 0 aromatic heterocycles. The van der Waals surface area contributed by atoms with Gasteiger partial charge in [-0.05, 0) is 36.7 Å². The number of hydrogen-bond donors (Lipinski definition) is 0. The van der Waals surface area contributed by atoms with E-state index in [-0.39, 0.29) is 0 Å². The average Bonchev–Trinajstić information content (AvgIpc) is 2.53. The number of rotatable bonds is 2. The molecule has 0 heteroatoms. The zero-order valence-electron chi connectivity index (χ0n) is 8.37. The third-order valence-electron chi connectivity index (χ3n) is 3.17. The summed E-state index contributed by atoms with van der Waals surface area (Å²) in [5, 5.41) is 0. The van der Waals surface area contributed by atoms with E-state index in [1.54, 1.807) is 0 Å². The average molecular weight is 174 g/mol. The molecule has 1 aliphatic carbocycles. The van der Waals surface area contributed by atoms with Crippen LogP contribution in [-0.4, -0.2) is 0 Å². The smallest absolute Gasteiger partial charge is 0.0250 e. The Bertz CT molecular complexity index is 250. The summed E-state index contributed by atoms with van der Waals surface area (Å²) >= 11 is 0. The van der Waals surface area contributed by atoms with Crippen LogP contribution in [0, 0.1) is 11.8 Å². The molecule has 0 heterocycles. The van der Waals surface area contributed by atoms with Gasteiger partial charge in [-0.15, -0.1) is 0 Å². The van der Waals surface area contributed by atoms with Crippen LogP contribution >= 0.6 is 0 Å². The molecule has 1 fully saturated rings. The number of benzene rings is 1. The van der Waals surface area contributed by atoms with Gasteiger partial charge in [0.05, 0.1) is 0 Å². The van der Waals surface area contributed by atoms with Crippen LogP contribution in [0.3, 0.4) is 0 Å². The lowest BCUT2D eigenvalue weighted by Crippen LogP contribution is -1.99. The highest BCUT2D eigenvalue weighted by Crippen LogP contribution is 2.32. The van der Waals surface area contributed by atoms with Gasteiger partial charge >= 0.3 is 0 Å². The molecule has 0 amide bonds. The number of hydrogen-bond acceptors (Lipinski definition) is 0. The SMILES string of the molecule is C[C@H]1CCC(Cc2ccccc2)C1. The van der Waals surface area contributed by atoms with Crippen molar-refractivity contribution < 1.29 is 0 Å². The molecule has 0 aliphatic heterocycles. The van der Waals surface area contributed by atoms with Gasteiger partial charge in [-0.1, -0.05) is 43.7 Å². The van der Waals surface area contributed by atoms with Gasteiger partial charge in [0.15, 0.2) is 0 Å². The minimum Gasteiger partial charge on any atom is -0.0625 e. The molecule has 13 heavy (non-hydrogen) atoms. The molecule has 2 atom stereocenters. The first-order valence-electron chi connectivity index (χ1n) is 5.38. The molecule has 70 valence electrons. The second-order valence-corrected chi connectivity index (χ2v) is 4.47. The third kappa shape index (κ3) is 2.33. The zero-order chi connectivity index (χ0) is 9.10. The van der Waals surface area contributed by atoms with E-state index in [2.05, 4.69) is 37.3 Å². The molecule has 0 bridgehead atoms. The summed E-state index contributed by atoms with van der Waals surface area (Å²) in [6.07, 6.45) is 5.62. The highest BCUT2D eigenvalue weighted by atomic mass is 14.3. The van der Waals surface area contributed by atoms with Crippen molar-refractivity contribution in [2.45, 2.75) is 32.6 Å². The summed E-state index contributed by atoms with van der Waals surface area (Å²) in [7, 11) is 0. The van der Waals surface area contributed by atoms with Gasteiger partial charge in [0.1, 0.15) is 0 Å². The van der Waals surface area contributed by atoms with Gasteiger partial charge in [0.2, 0.25) is 0 Å². The monoisotopic (exact) mass is 174 g/mol. The third-order valence-corrected chi connectivity index (χ3v) is 3.17. The fraction of sp³-hybridized carbons (Fsp3) is 0.538. The lowest BCUT2D eigenvalue weighted by Gasteiger charge is -2.08. The van der Waals surface area contributed by atoms with E-state index >= 15 is 0 Å². The zero-order valence-corrected chi connectivity index (χ0v) is 8.37. The first-order chi connectivity index (χ1) is 6.34. The first kappa shape index (κ1) is 8.80. The van der Waals surface area contributed by atoms with Crippen LogP contribution in [0.5, 0.6) is 0 Å². The van der Waals surface area contributed by atoms with Crippen molar-refractivity contribution in [1.82, 2.24) is 0 Å². The molecule has 1 aromatic rings. The van der Waals surface area contributed by atoms with Crippen LogP contribution in [-0.2, 0) is 6.42 Å². The molecule has 0 radical (unpaired) electrons. The Balaban J connectivity index is 1.92. The lowest BCUT2D eigenvalue weighted by atomic mass is 9.97. The van der Waals surface area contributed by atoms with Crippen LogP contribution in [0.4, 0.5) is 0 Å². The van der Waals surface area contributed by atoms with E-state index in [1.165, 1.54) is 31.2 Å². The largest absolute Gasteiger partial charge is 0.0625 e. The molecular formula is C13H18. The highest BCUT2D eigenvalue weighted by molar-refractivity contribution is 5.15. The molecule has 0 nitrogen and oxygen atoms in total. The van der Waals surface area contributed by atoms with Gasteiger partial charge in [-0.3, -0.25) is 0 Å². The van der Waals surface area contributed by atoms with E-state index in [9.17, 15) is 0 Å². The molecule has 1 saturated carbocycles. The molecule has 2 rings (SSSR count). The fourth-order valence-corrected chi connectivity index (χ4v) is 2.46. The molecule has 0 saturated heterocycles. The van der Waals surface area contributed by atoms with E-state index in [0.717, 1.165) is 11.8 Å². The van der Waals surface area contributed by atoms with Crippen LogP contribution in [0.25, 0.3) is 0 Å². The Hall–Kier alpha value is -0.780. The van der Waals surface area contributed by atoms with Crippen molar-refractivity contribution in [3.63, 3.8) is 0 Å². The second-order valence-electron chi connectivity index (χ2n) is 4.47. The minimum atomic E-state index is 0.956. The normalized spacial score (nSPS) is 27.8. The van der Waals surface area contributed by atoms with Crippen molar-refractivity contribution in [3.8, 4) is 0 Å². The van der Waals surface area contributed by atoms with E-state index in [4.69, 9.17) is 0 Å². The van der Waals surface area contributed by atoms with Crippen molar-refractivity contribution in [2.75, 3.05) is 0 Å². The van der Waals surface area contributed by atoms with Gasteiger partial charge in [-0.25, -0.2) is 0 Å². The maximum Gasteiger partial charge on any atom is -0.0250 e. The van der Waals surface area contributed by atoms with Crippen LogP contribution < -0.4 is 0 Å². The Labute approximate surface area is 81.0 Å². The maximum absolute atomic E-state index is 2.38. The summed E-state index contributed by atoms with van der Waals surface area (Å²) in [6, 6.07) is 10.9. The maximum atomic E-state index is 2.38. The molecular weight excluding hydrogens is 156 g/mol. The van der Waals surface area contributed by atoms with Crippen LogP contribution in [0.1, 0.15) is 31.7 Å². The summed E-state index contributed by atoms with van der Waals surface area (Å²) in [6.45, 7) is 2.38. The van der Waals surface area contributed by atoms with Gasteiger partial charge < -0.3 is 0 Å². The van der Waals surface area contributed by atoms with Crippen molar-refractivity contribution in [2.24, 2.45) is 11.8 Å². The minimum absolute atomic E-state index is 0.956. The predicted octanol–water partition coefficient (Wildman–Crippen LogP) is 3.67.